The Morgan fingerprint density at radius 3 is 2.04 bits per heavy atom. The fourth-order valence-corrected chi connectivity index (χ4v) is 3.35. The number of aliphatic carboxylic acids is 1. The minimum Gasteiger partial charge on any atom is -0.480 e. The van der Waals surface area contributed by atoms with Crippen molar-refractivity contribution >= 4 is 23.5 Å². The number of carbonyl (C=O) groups is 3. The van der Waals surface area contributed by atoms with Crippen LogP contribution in [-0.2, 0) is 4.79 Å². The van der Waals surface area contributed by atoms with E-state index in [1.54, 1.807) is 29.2 Å². The average molecular weight is 366 g/mol. The molecule has 1 aliphatic heterocycles. The van der Waals surface area contributed by atoms with Gasteiger partial charge in [0, 0.05) is 30.3 Å². The molecule has 0 saturated carbocycles. The highest BCUT2D eigenvalue weighted by molar-refractivity contribution is 5.99. The molecule has 0 radical (unpaired) electrons. The molecule has 1 heterocycles. The van der Waals surface area contributed by atoms with Gasteiger partial charge >= 0.3 is 12.0 Å². The summed E-state index contributed by atoms with van der Waals surface area (Å²) in [6, 6.07) is 17.6. The van der Waals surface area contributed by atoms with Gasteiger partial charge in [-0.2, -0.15) is 0 Å². The van der Waals surface area contributed by atoms with E-state index in [0.717, 1.165) is 0 Å². The molecule has 1 N–H and O–H groups in total. The van der Waals surface area contributed by atoms with E-state index in [2.05, 4.69) is 0 Å². The van der Waals surface area contributed by atoms with E-state index in [0.29, 0.717) is 37.2 Å². The van der Waals surface area contributed by atoms with Crippen LogP contribution in [0.1, 0.15) is 23.2 Å². The van der Waals surface area contributed by atoms with Crippen LogP contribution in [0.25, 0.3) is 0 Å². The van der Waals surface area contributed by atoms with Crippen molar-refractivity contribution in [1.82, 2.24) is 4.90 Å². The summed E-state index contributed by atoms with van der Waals surface area (Å²) in [5.41, 5.74) is 1.24. The summed E-state index contributed by atoms with van der Waals surface area (Å²) in [6.07, 6.45) is 1.16. The van der Waals surface area contributed by atoms with Crippen molar-refractivity contribution < 1.29 is 19.5 Å². The number of para-hydroxylation sites is 1. The summed E-state index contributed by atoms with van der Waals surface area (Å²) in [5.74, 6) is -1.07. The Morgan fingerprint density at radius 1 is 0.926 bits per heavy atom. The molecule has 0 aromatic heterocycles. The third-order valence-corrected chi connectivity index (χ3v) is 4.79. The van der Waals surface area contributed by atoms with Crippen LogP contribution >= 0.6 is 0 Å². The molecule has 27 heavy (non-hydrogen) atoms. The number of urea groups is 1. The Balaban J connectivity index is 1.66. The van der Waals surface area contributed by atoms with Crippen molar-refractivity contribution in [3.8, 4) is 0 Å². The molecule has 2 amide bonds. The van der Waals surface area contributed by atoms with Crippen LogP contribution in [0.2, 0.25) is 0 Å². The summed E-state index contributed by atoms with van der Waals surface area (Å²) < 4.78 is 0. The maximum atomic E-state index is 12.9. The number of piperidine rings is 1. The number of carboxylic acid groups (broad SMARTS) is 1. The second kappa shape index (κ2) is 8.49. The van der Waals surface area contributed by atoms with E-state index in [-0.39, 0.29) is 17.7 Å². The van der Waals surface area contributed by atoms with Crippen molar-refractivity contribution in [1.29, 1.82) is 0 Å². The van der Waals surface area contributed by atoms with Crippen LogP contribution < -0.4 is 4.90 Å². The number of likely N-dealkylation sites (tertiary alicyclic amines) is 1. The van der Waals surface area contributed by atoms with Gasteiger partial charge in [0.05, 0.1) is 0 Å². The number of ketones is 1. The van der Waals surface area contributed by atoms with Gasteiger partial charge in [0.25, 0.3) is 0 Å². The van der Waals surface area contributed by atoms with E-state index in [9.17, 15) is 19.5 Å². The Kier molecular flexibility index (Phi) is 5.86. The first-order chi connectivity index (χ1) is 13.1. The molecular weight excluding hydrogens is 344 g/mol. The third kappa shape index (κ3) is 4.53. The quantitative estimate of drug-likeness (QED) is 0.824. The van der Waals surface area contributed by atoms with Crippen molar-refractivity contribution in [2.24, 2.45) is 5.92 Å². The number of anilines is 1. The van der Waals surface area contributed by atoms with Gasteiger partial charge in [-0.1, -0.05) is 48.5 Å². The van der Waals surface area contributed by atoms with E-state index in [1.165, 1.54) is 4.90 Å². The van der Waals surface area contributed by atoms with Crippen LogP contribution in [-0.4, -0.2) is 47.4 Å². The van der Waals surface area contributed by atoms with Crippen LogP contribution in [0.5, 0.6) is 0 Å². The monoisotopic (exact) mass is 366 g/mol. The standard InChI is InChI=1S/C21H22N2O4/c24-19(25)15-23(18-9-5-2-6-10-18)21(27)22-13-11-17(12-14-22)20(26)16-7-3-1-4-8-16/h1-10,17H,11-15H2,(H,24,25). The minimum absolute atomic E-state index is 0.105. The topological polar surface area (TPSA) is 77.9 Å². The fraction of sp³-hybridized carbons (Fsp3) is 0.286. The van der Waals surface area contributed by atoms with Crippen molar-refractivity contribution in [2.45, 2.75) is 12.8 Å². The Labute approximate surface area is 158 Å². The number of amides is 2. The van der Waals surface area contributed by atoms with Gasteiger partial charge in [0.15, 0.2) is 5.78 Å². The highest BCUT2D eigenvalue weighted by atomic mass is 16.4. The number of hydrogen-bond donors (Lipinski definition) is 1. The summed E-state index contributed by atoms with van der Waals surface area (Å²) in [7, 11) is 0. The van der Waals surface area contributed by atoms with E-state index >= 15 is 0 Å². The number of benzene rings is 2. The second-order valence-electron chi connectivity index (χ2n) is 6.59. The first kappa shape index (κ1) is 18.6. The minimum atomic E-state index is -1.07. The lowest BCUT2D eigenvalue weighted by molar-refractivity contribution is -0.135. The smallest absolute Gasteiger partial charge is 0.325 e. The molecule has 3 rings (SSSR count). The summed E-state index contributed by atoms with van der Waals surface area (Å²) in [6.45, 7) is 0.474. The lowest BCUT2D eigenvalue weighted by Gasteiger charge is -2.35. The summed E-state index contributed by atoms with van der Waals surface area (Å²) in [5, 5.41) is 9.18. The number of rotatable bonds is 5. The SMILES string of the molecule is O=C(O)CN(C(=O)N1CCC(C(=O)c2ccccc2)CC1)c1ccccc1. The molecule has 6 nitrogen and oxygen atoms in total. The van der Waals surface area contributed by atoms with Gasteiger partial charge in [-0.3, -0.25) is 14.5 Å². The van der Waals surface area contributed by atoms with Crippen LogP contribution in [0, 0.1) is 5.92 Å². The van der Waals surface area contributed by atoms with Crippen molar-refractivity contribution in [3.05, 3.63) is 66.2 Å². The molecule has 0 atom stereocenters. The van der Waals surface area contributed by atoms with Crippen LogP contribution in [0.15, 0.2) is 60.7 Å². The highest BCUT2D eigenvalue weighted by Crippen LogP contribution is 2.24. The predicted octanol–water partition coefficient (Wildman–Crippen LogP) is 3.29. The van der Waals surface area contributed by atoms with E-state index < -0.39 is 12.5 Å². The summed E-state index contributed by atoms with van der Waals surface area (Å²) in [4.78, 5) is 39.6. The normalized spacial score (nSPS) is 14.6. The molecule has 0 aliphatic carbocycles. The van der Waals surface area contributed by atoms with Gasteiger partial charge in [0.1, 0.15) is 6.54 Å². The maximum absolute atomic E-state index is 12.9. The zero-order valence-corrected chi connectivity index (χ0v) is 15.0. The Morgan fingerprint density at radius 2 is 1.48 bits per heavy atom. The first-order valence-electron chi connectivity index (χ1n) is 8.99. The number of nitrogens with zero attached hydrogens (tertiary/aromatic N) is 2. The molecule has 0 spiro atoms. The Hall–Kier alpha value is -3.15. The molecule has 1 fully saturated rings. The molecule has 6 heteroatoms. The number of hydrogen-bond acceptors (Lipinski definition) is 3. The van der Waals surface area contributed by atoms with E-state index in [1.807, 2.05) is 36.4 Å². The number of carbonyl (C=O) groups excluding carboxylic acids is 2. The lowest BCUT2D eigenvalue weighted by atomic mass is 9.89. The van der Waals surface area contributed by atoms with E-state index in [4.69, 9.17) is 0 Å². The fourth-order valence-electron chi connectivity index (χ4n) is 3.35. The zero-order valence-electron chi connectivity index (χ0n) is 15.0. The van der Waals surface area contributed by atoms with Crippen LogP contribution in [0.4, 0.5) is 10.5 Å². The first-order valence-corrected chi connectivity index (χ1v) is 8.99. The van der Waals surface area contributed by atoms with Gasteiger partial charge < -0.3 is 10.0 Å². The molecule has 0 bridgehead atoms. The van der Waals surface area contributed by atoms with Gasteiger partial charge in [0.2, 0.25) is 0 Å². The largest absolute Gasteiger partial charge is 0.480 e. The molecule has 2 aromatic rings. The van der Waals surface area contributed by atoms with Gasteiger partial charge in [-0.25, -0.2) is 4.79 Å². The van der Waals surface area contributed by atoms with Crippen molar-refractivity contribution in [3.63, 3.8) is 0 Å². The van der Waals surface area contributed by atoms with Gasteiger partial charge in [-0.15, -0.1) is 0 Å². The second-order valence-corrected chi connectivity index (χ2v) is 6.59. The molecule has 1 aliphatic rings. The van der Waals surface area contributed by atoms with Crippen LogP contribution in [0.3, 0.4) is 0 Å². The zero-order chi connectivity index (χ0) is 19.2. The predicted molar refractivity (Wildman–Crippen MR) is 102 cm³/mol. The number of Topliss-reactive ketones (excluding diaryl/α,β-unsaturated/α-hetero) is 1. The maximum Gasteiger partial charge on any atom is 0.325 e. The van der Waals surface area contributed by atoms with Gasteiger partial charge in [-0.05, 0) is 25.0 Å². The van der Waals surface area contributed by atoms with Crippen molar-refractivity contribution in [2.75, 3.05) is 24.5 Å². The average Bonchev–Trinajstić information content (AvgIpc) is 2.72. The summed E-state index contributed by atoms with van der Waals surface area (Å²) >= 11 is 0. The Bertz CT molecular complexity index is 799. The number of carboxylic acids is 1. The molecule has 0 unspecified atom stereocenters. The highest BCUT2D eigenvalue weighted by Gasteiger charge is 2.31. The molecule has 1 saturated heterocycles. The lowest BCUT2D eigenvalue weighted by Crippen LogP contribution is -2.49. The third-order valence-electron chi connectivity index (χ3n) is 4.79. The molecule has 2 aromatic carbocycles. The molecular formula is C21H22N2O4. The molecule has 140 valence electrons.